The van der Waals surface area contributed by atoms with Crippen LogP contribution in [0.5, 0.6) is 0 Å². The molecule has 6 rings (SSSR count). The van der Waals surface area contributed by atoms with Gasteiger partial charge in [-0.3, -0.25) is 0 Å². The maximum atomic E-state index is 13.4. The number of hydrogen-bond donors (Lipinski definition) is 1. The molecular formula is C37H37N2OP. The van der Waals surface area contributed by atoms with Crippen LogP contribution in [0.1, 0.15) is 32.8 Å². The molecular weight excluding hydrogens is 519 g/mol. The molecule has 0 bridgehead atoms. The molecule has 0 saturated carbocycles. The normalized spacial score (nSPS) is 13.1. The van der Waals surface area contributed by atoms with Crippen molar-refractivity contribution in [1.29, 1.82) is 0 Å². The van der Waals surface area contributed by atoms with E-state index in [0.29, 0.717) is 0 Å². The Morgan fingerprint density at radius 3 is 1.80 bits per heavy atom. The number of para-hydroxylation sites is 3. The van der Waals surface area contributed by atoms with Gasteiger partial charge in [0.25, 0.3) is 0 Å². The average molecular weight is 557 g/mol. The van der Waals surface area contributed by atoms with Gasteiger partial charge in [0.2, 0.25) is 0 Å². The van der Waals surface area contributed by atoms with Crippen molar-refractivity contribution in [2.75, 3.05) is 6.66 Å². The first-order valence-electron chi connectivity index (χ1n) is 14.3. The Bertz CT molecular complexity index is 1780. The van der Waals surface area contributed by atoms with Gasteiger partial charge in [-0.25, -0.2) is 0 Å². The number of aromatic nitrogens is 2. The average Bonchev–Trinajstić information content (AvgIpc) is 3.42. The summed E-state index contributed by atoms with van der Waals surface area (Å²) in [7, 11) is 0. The molecule has 0 aliphatic heterocycles. The fourth-order valence-corrected chi connectivity index (χ4v) is 9.35. The number of fused-ring (bicyclic) bond motifs is 1. The summed E-state index contributed by atoms with van der Waals surface area (Å²) in [5.74, 6) is 0.868. The van der Waals surface area contributed by atoms with E-state index >= 15 is 0 Å². The molecule has 0 radical (unpaired) electrons. The van der Waals surface area contributed by atoms with Crippen LogP contribution in [0.3, 0.4) is 0 Å². The summed E-state index contributed by atoms with van der Waals surface area (Å²) in [6.45, 7) is 5.00. The fraction of sp³-hybridized carbons (Fsp3) is 0.162. The zero-order valence-corrected chi connectivity index (χ0v) is 25.1. The summed E-state index contributed by atoms with van der Waals surface area (Å²) in [6.07, 6.45) is 0.965. The van der Waals surface area contributed by atoms with Crippen molar-refractivity contribution >= 4 is 33.8 Å². The molecule has 41 heavy (non-hydrogen) atoms. The molecule has 0 spiro atoms. The topological polar surface area (TPSA) is 38.0 Å². The van der Waals surface area contributed by atoms with E-state index in [1.807, 2.05) is 48.5 Å². The van der Waals surface area contributed by atoms with Gasteiger partial charge < -0.3 is 0 Å². The zero-order chi connectivity index (χ0) is 28.7. The minimum atomic E-state index is -3.86. The Balaban J connectivity index is 1.72. The van der Waals surface area contributed by atoms with Crippen molar-refractivity contribution < 1.29 is 4.89 Å². The standard InChI is InChI=1S/C37H37N2OP/c1-5-37(2,3)29-25-28(36-38-34-23-15-16-24-35(34)39(36)30-17-9-6-10-18-30)26-33(27-29)41(4,40,31-19-11-7-12-20-31)32-21-13-8-14-22-32/h6-27,40H,5H2,1-4H3. The molecule has 0 fully saturated rings. The van der Waals surface area contributed by atoms with Gasteiger partial charge in [0.1, 0.15) is 0 Å². The van der Waals surface area contributed by atoms with Gasteiger partial charge in [0.05, 0.1) is 0 Å². The predicted octanol–water partition coefficient (Wildman–Crippen LogP) is 7.75. The van der Waals surface area contributed by atoms with Crippen LogP contribution in [-0.4, -0.2) is 21.1 Å². The van der Waals surface area contributed by atoms with Crippen LogP contribution in [0.2, 0.25) is 0 Å². The van der Waals surface area contributed by atoms with Gasteiger partial charge in [-0.2, -0.15) is 0 Å². The first kappa shape index (κ1) is 27.1. The minimum absolute atomic E-state index is 0.105. The van der Waals surface area contributed by atoms with E-state index in [1.165, 1.54) is 5.56 Å². The van der Waals surface area contributed by atoms with Crippen molar-refractivity contribution in [2.24, 2.45) is 0 Å². The molecule has 3 nitrogen and oxygen atoms in total. The molecule has 206 valence electrons. The van der Waals surface area contributed by atoms with Crippen molar-refractivity contribution in [3.63, 3.8) is 0 Å². The van der Waals surface area contributed by atoms with Crippen LogP contribution >= 0.6 is 6.83 Å². The van der Waals surface area contributed by atoms with E-state index in [-0.39, 0.29) is 5.41 Å². The van der Waals surface area contributed by atoms with E-state index in [1.54, 1.807) is 0 Å². The third kappa shape index (κ3) is 4.50. The molecule has 1 heterocycles. The Kier molecular flexibility index (Phi) is 6.69. The quantitative estimate of drug-likeness (QED) is 0.204. The van der Waals surface area contributed by atoms with Crippen LogP contribution in [0, 0.1) is 0 Å². The van der Waals surface area contributed by atoms with Gasteiger partial charge in [-0.1, -0.05) is 0 Å². The van der Waals surface area contributed by atoms with Gasteiger partial charge in [0.15, 0.2) is 0 Å². The SMILES string of the molecule is CCC(C)(C)c1cc(-c2nc3ccccc3n2-c2ccccc2)cc(P(C)(O)(c2ccccc2)c2ccccc2)c1. The van der Waals surface area contributed by atoms with Crippen LogP contribution in [0.15, 0.2) is 133 Å². The van der Waals surface area contributed by atoms with Gasteiger partial charge >= 0.3 is 244 Å². The third-order valence-electron chi connectivity index (χ3n) is 8.82. The van der Waals surface area contributed by atoms with Crippen molar-refractivity contribution in [1.82, 2.24) is 9.55 Å². The van der Waals surface area contributed by atoms with E-state index in [2.05, 4.69) is 117 Å². The third-order valence-corrected chi connectivity index (χ3v) is 13.5. The zero-order valence-electron chi connectivity index (χ0n) is 24.2. The predicted molar refractivity (Wildman–Crippen MR) is 177 cm³/mol. The number of imidazole rings is 1. The summed E-state index contributed by atoms with van der Waals surface area (Å²) in [4.78, 5) is 18.5. The number of hydrogen-bond acceptors (Lipinski definition) is 2. The van der Waals surface area contributed by atoms with Crippen LogP contribution in [0.25, 0.3) is 28.1 Å². The first-order valence-corrected chi connectivity index (χ1v) is 16.9. The fourth-order valence-electron chi connectivity index (χ4n) is 5.74. The molecule has 1 N–H and O–H groups in total. The number of rotatable bonds is 7. The van der Waals surface area contributed by atoms with Crippen LogP contribution in [-0.2, 0) is 5.41 Å². The van der Waals surface area contributed by atoms with Crippen molar-refractivity contribution in [3.8, 4) is 17.1 Å². The van der Waals surface area contributed by atoms with Crippen molar-refractivity contribution in [3.05, 3.63) is 139 Å². The molecule has 0 aliphatic carbocycles. The molecule has 6 aromatic rings. The molecule has 0 amide bonds. The number of benzene rings is 5. The van der Waals surface area contributed by atoms with E-state index in [4.69, 9.17) is 4.98 Å². The van der Waals surface area contributed by atoms with Gasteiger partial charge in [0, 0.05) is 0 Å². The summed E-state index contributed by atoms with van der Waals surface area (Å²) < 4.78 is 2.24. The molecule has 0 unspecified atom stereocenters. The monoisotopic (exact) mass is 556 g/mol. The molecule has 4 heteroatoms. The molecule has 5 aromatic carbocycles. The second-order valence-electron chi connectivity index (χ2n) is 11.8. The second-order valence-corrected chi connectivity index (χ2v) is 16.3. The summed E-state index contributed by atoms with van der Waals surface area (Å²) in [5.41, 5.74) is 5.14. The molecule has 0 atom stereocenters. The van der Waals surface area contributed by atoms with Crippen molar-refractivity contribution in [2.45, 2.75) is 32.6 Å². The Labute approximate surface area is 243 Å². The van der Waals surface area contributed by atoms with E-state index < -0.39 is 6.83 Å². The van der Waals surface area contributed by atoms with Gasteiger partial charge in [-0.15, -0.1) is 0 Å². The Morgan fingerprint density at radius 1 is 0.683 bits per heavy atom. The molecule has 0 saturated heterocycles. The van der Waals surface area contributed by atoms with Crippen LogP contribution in [0.4, 0.5) is 0 Å². The Morgan fingerprint density at radius 2 is 1.22 bits per heavy atom. The van der Waals surface area contributed by atoms with E-state index in [0.717, 1.165) is 50.4 Å². The Hall–Kier alpha value is -4.04. The molecule has 1 aromatic heterocycles. The summed E-state index contributed by atoms with van der Waals surface area (Å²) in [6, 6.07) is 45.8. The first-order chi connectivity index (χ1) is 19.7. The van der Waals surface area contributed by atoms with Gasteiger partial charge in [-0.05, 0) is 0 Å². The number of nitrogens with zero attached hydrogens (tertiary/aromatic N) is 2. The summed E-state index contributed by atoms with van der Waals surface area (Å²) in [5, 5.41) is 2.83. The van der Waals surface area contributed by atoms with Crippen LogP contribution < -0.4 is 15.9 Å². The second kappa shape index (κ2) is 10.1. The molecule has 0 aliphatic rings. The summed E-state index contributed by atoms with van der Waals surface area (Å²) >= 11 is 0. The maximum absolute atomic E-state index is 13.4. The van der Waals surface area contributed by atoms with E-state index in [9.17, 15) is 4.89 Å².